The van der Waals surface area contributed by atoms with Crippen LogP contribution in [0.1, 0.15) is 24.2 Å². The topological polar surface area (TPSA) is 93.1 Å². The van der Waals surface area contributed by atoms with Crippen LogP contribution in [0.5, 0.6) is 0 Å². The summed E-state index contributed by atoms with van der Waals surface area (Å²) >= 11 is -0.397. The van der Waals surface area contributed by atoms with Crippen molar-refractivity contribution < 1.29 is 29.3 Å². The number of carbonyl (C=O) groups is 2. The van der Waals surface area contributed by atoms with Crippen LogP contribution in [0.4, 0.5) is 0 Å². The monoisotopic (exact) mass is 374 g/mol. The quantitative estimate of drug-likeness (QED) is 0.572. The van der Waals surface area contributed by atoms with Crippen LogP contribution in [0.3, 0.4) is 0 Å². The van der Waals surface area contributed by atoms with E-state index in [0.717, 1.165) is 5.56 Å². The summed E-state index contributed by atoms with van der Waals surface area (Å²) in [5.41, 5.74) is 0.872. The third-order valence-corrected chi connectivity index (χ3v) is 6.36. The van der Waals surface area contributed by atoms with Gasteiger partial charge >= 0.3 is 134 Å². The maximum absolute atomic E-state index is 11.3. The van der Waals surface area contributed by atoms with E-state index in [9.17, 15) is 19.8 Å². The van der Waals surface area contributed by atoms with E-state index in [0.29, 0.717) is 0 Å². The molecule has 1 unspecified atom stereocenters. The average Bonchev–Trinajstić information content (AvgIpc) is 2.47. The minimum atomic E-state index is -1.31. The zero-order chi connectivity index (χ0) is 16.3. The van der Waals surface area contributed by atoms with E-state index in [4.69, 9.17) is 9.47 Å². The number of aliphatic hydroxyl groups excluding tert-OH is 2. The summed E-state index contributed by atoms with van der Waals surface area (Å²) in [6, 6.07) is 9.26. The Balaban J connectivity index is 2.31. The van der Waals surface area contributed by atoms with E-state index >= 15 is 0 Å². The molecule has 1 aromatic carbocycles. The molecule has 22 heavy (non-hydrogen) atoms. The predicted octanol–water partition coefficient (Wildman–Crippen LogP) is -0.0118. The molecule has 0 saturated carbocycles. The molecule has 1 aliphatic heterocycles. The van der Waals surface area contributed by atoms with Gasteiger partial charge in [0.2, 0.25) is 0 Å². The Hall–Kier alpha value is -1.40. The molecule has 0 radical (unpaired) electrons. The van der Waals surface area contributed by atoms with Gasteiger partial charge in [-0.25, -0.2) is 0 Å². The van der Waals surface area contributed by atoms with Crippen LogP contribution < -0.4 is 0 Å². The van der Waals surface area contributed by atoms with Crippen molar-refractivity contribution in [2.24, 2.45) is 0 Å². The number of ether oxygens (including phenoxy) is 2. The molecule has 7 heteroatoms. The maximum atomic E-state index is 11.3. The zero-order valence-electron chi connectivity index (χ0n) is 12.2. The van der Waals surface area contributed by atoms with E-state index in [-0.39, 0.29) is 4.82 Å². The summed E-state index contributed by atoms with van der Waals surface area (Å²) in [5.74, 6) is -1.05. The Labute approximate surface area is 134 Å². The van der Waals surface area contributed by atoms with Crippen LogP contribution in [0.25, 0.3) is 0 Å². The van der Waals surface area contributed by atoms with E-state index < -0.39 is 50.2 Å². The molecule has 1 aromatic rings. The first-order valence-electron chi connectivity index (χ1n) is 6.81. The van der Waals surface area contributed by atoms with Crippen LogP contribution in [-0.4, -0.2) is 60.4 Å². The number of hydrogen-bond acceptors (Lipinski definition) is 6. The summed E-state index contributed by atoms with van der Waals surface area (Å²) in [4.78, 5) is 22.2. The molecule has 1 heterocycles. The number of rotatable bonds is 3. The molecular formula is C15H18O6Se. The number of aliphatic hydroxyl groups is 2. The number of carbonyl (C=O) groups excluding carboxylic acids is 2. The number of benzene rings is 1. The van der Waals surface area contributed by atoms with Crippen molar-refractivity contribution in [3.63, 3.8) is 0 Å². The van der Waals surface area contributed by atoms with Gasteiger partial charge in [0.25, 0.3) is 0 Å². The average molecular weight is 373 g/mol. The van der Waals surface area contributed by atoms with Crippen LogP contribution in [-0.2, 0) is 19.1 Å². The van der Waals surface area contributed by atoms with Gasteiger partial charge in [-0.2, -0.15) is 0 Å². The molecule has 1 fully saturated rings. The fraction of sp³-hybridized carbons (Fsp3) is 0.467. The van der Waals surface area contributed by atoms with Gasteiger partial charge < -0.3 is 0 Å². The van der Waals surface area contributed by atoms with Crippen molar-refractivity contribution in [1.82, 2.24) is 0 Å². The van der Waals surface area contributed by atoms with E-state index in [1.165, 1.54) is 13.8 Å². The molecule has 0 amide bonds. The first-order valence-corrected chi connectivity index (χ1v) is 8.79. The van der Waals surface area contributed by atoms with E-state index in [1.54, 1.807) is 0 Å². The molecule has 6 nitrogen and oxygen atoms in total. The summed E-state index contributed by atoms with van der Waals surface area (Å²) < 4.78 is 10.3. The first-order chi connectivity index (χ1) is 10.4. The second kappa shape index (κ2) is 7.24. The number of esters is 2. The molecule has 0 bridgehead atoms. The summed E-state index contributed by atoms with van der Waals surface area (Å²) in [5, 5.41) is 19.6. The first kappa shape index (κ1) is 17.0. The van der Waals surface area contributed by atoms with Crippen molar-refractivity contribution in [1.29, 1.82) is 0 Å². The molecule has 0 aromatic heterocycles. The minimum absolute atomic E-state index is 0.305. The Bertz CT molecular complexity index is 534. The third-order valence-electron chi connectivity index (χ3n) is 3.26. The fourth-order valence-electron chi connectivity index (χ4n) is 2.33. The van der Waals surface area contributed by atoms with Gasteiger partial charge in [-0.05, 0) is 0 Å². The molecular weight excluding hydrogens is 355 g/mol. The van der Waals surface area contributed by atoms with Crippen molar-refractivity contribution in [3.05, 3.63) is 35.9 Å². The van der Waals surface area contributed by atoms with Crippen molar-refractivity contribution in [2.45, 2.75) is 42.0 Å². The second-order valence-electron chi connectivity index (χ2n) is 5.00. The second-order valence-corrected chi connectivity index (χ2v) is 7.61. The van der Waals surface area contributed by atoms with Crippen LogP contribution in [0.2, 0.25) is 0 Å². The predicted molar refractivity (Wildman–Crippen MR) is 78.1 cm³/mol. The zero-order valence-corrected chi connectivity index (χ0v) is 13.9. The summed E-state index contributed by atoms with van der Waals surface area (Å²) in [6.45, 7) is 2.51. The molecule has 1 aliphatic rings. The molecule has 0 aliphatic carbocycles. The SMILES string of the molecule is CC(=O)O[C@@H]1[Se]C(c2ccccc2)[C@H](OC(C)=O)[C@@H](O)[C@H]1O. The van der Waals surface area contributed by atoms with Gasteiger partial charge in [0, 0.05) is 0 Å². The van der Waals surface area contributed by atoms with Gasteiger partial charge in [-0.3, -0.25) is 0 Å². The van der Waals surface area contributed by atoms with Gasteiger partial charge in [0.1, 0.15) is 0 Å². The van der Waals surface area contributed by atoms with Crippen molar-refractivity contribution in [3.8, 4) is 0 Å². The molecule has 2 N–H and O–H groups in total. The fourth-order valence-corrected chi connectivity index (χ4v) is 5.45. The summed E-state index contributed by atoms with van der Waals surface area (Å²) in [7, 11) is 0. The summed E-state index contributed by atoms with van der Waals surface area (Å²) in [6.07, 6.45) is -3.44. The van der Waals surface area contributed by atoms with E-state index in [1.807, 2.05) is 30.3 Å². The van der Waals surface area contributed by atoms with Crippen LogP contribution in [0, 0.1) is 0 Å². The molecule has 1 saturated heterocycles. The Morgan fingerprint density at radius 2 is 1.59 bits per heavy atom. The Kier molecular flexibility index (Phi) is 5.58. The Morgan fingerprint density at radius 3 is 2.14 bits per heavy atom. The van der Waals surface area contributed by atoms with Crippen molar-refractivity contribution >= 4 is 26.9 Å². The third kappa shape index (κ3) is 3.87. The standard InChI is InChI=1S/C15H18O6Se/c1-8(16)20-13-11(18)12(19)15(21-9(2)17)22-14(13)10-6-4-3-5-7-10/h3-7,11-15,18-19H,1-2H3/t11-,12+,13+,14?,15+/m0/s1. The van der Waals surface area contributed by atoms with Crippen molar-refractivity contribution in [2.75, 3.05) is 0 Å². The van der Waals surface area contributed by atoms with Crippen LogP contribution in [0.15, 0.2) is 30.3 Å². The van der Waals surface area contributed by atoms with Gasteiger partial charge in [-0.15, -0.1) is 0 Å². The molecule has 2 rings (SSSR count). The van der Waals surface area contributed by atoms with Crippen LogP contribution >= 0.6 is 0 Å². The normalized spacial score (nSPS) is 31.4. The van der Waals surface area contributed by atoms with Gasteiger partial charge in [0.15, 0.2) is 0 Å². The molecule has 0 spiro atoms. The van der Waals surface area contributed by atoms with Gasteiger partial charge in [-0.1, -0.05) is 0 Å². The van der Waals surface area contributed by atoms with E-state index in [2.05, 4.69) is 0 Å². The van der Waals surface area contributed by atoms with Gasteiger partial charge in [0.05, 0.1) is 0 Å². The number of hydrogen-bond donors (Lipinski definition) is 2. The molecule has 120 valence electrons. The molecule has 5 atom stereocenters. The Morgan fingerprint density at radius 1 is 1.00 bits per heavy atom.